The Morgan fingerprint density at radius 3 is 2.67 bits per heavy atom. The maximum absolute atomic E-state index is 9.56. The van der Waals surface area contributed by atoms with Gasteiger partial charge in [0.05, 0.1) is 16.5 Å². The van der Waals surface area contributed by atoms with E-state index >= 15 is 0 Å². The van der Waals surface area contributed by atoms with Crippen molar-refractivity contribution in [3.63, 3.8) is 0 Å². The highest BCUT2D eigenvalue weighted by Crippen LogP contribution is 2.26. The van der Waals surface area contributed by atoms with Crippen molar-refractivity contribution in [3.05, 3.63) is 36.3 Å². The number of pyridine rings is 2. The SMILES string of the molecule is CC(C)(C)c1c[n+](O)cc2cccnc12. The molecule has 15 heavy (non-hydrogen) atoms. The van der Waals surface area contributed by atoms with Gasteiger partial charge in [-0.3, -0.25) is 10.2 Å². The molecular formula is C12H15N2O+. The van der Waals surface area contributed by atoms with Crippen LogP contribution in [0.3, 0.4) is 0 Å². The largest absolute Gasteiger partial charge is 0.285 e. The van der Waals surface area contributed by atoms with Crippen molar-refractivity contribution in [1.82, 2.24) is 4.98 Å². The minimum absolute atomic E-state index is 0.0294. The lowest BCUT2D eigenvalue weighted by Gasteiger charge is -2.17. The van der Waals surface area contributed by atoms with Gasteiger partial charge in [-0.25, -0.2) is 0 Å². The van der Waals surface area contributed by atoms with Crippen molar-refractivity contribution in [2.75, 3.05) is 0 Å². The van der Waals surface area contributed by atoms with Crippen LogP contribution in [0.1, 0.15) is 26.3 Å². The molecule has 0 spiro atoms. The first-order chi connectivity index (χ1) is 6.98. The molecule has 0 saturated carbocycles. The number of nitrogens with zero attached hydrogens (tertiary/aromatic N) is 2. The third-order valence-corrected chi connectivity index (χ3v) is 2.43. The Hall–Kier alpha value is -1.64. The van der Waals surface area contributed by atoms with E-state index in [1.807, 2.05) is 12.1 Å². The van der Waals surface area contributed by atoms with Crippen LogP contribution in [0.4, 0.5) is 0 Å². The minimum Gasteiger partial charge on any atom is -0.285 e. The van der Waals surface area contributed by atoms with E-state index in [0.29, 0.717) is 0 Å². The van der Waals surface area contributed by atoms with Crippen LogP contribution in [0.5, 0.6) is 0 Å². The van der Waals surface area contributed by atoms with Crippen LogP contribution in [0.2, 0.25) is 0 Å². The fourth-order valence-electron chi connectivity index (χ4n) is 1.67. The minimum atomic E-state index is -0.0294. The Morgan fingerprint density at radius 2 is 2.00 bits per heavy atom. The van der Waals surface area contributed by atoms with Gasteiger partial charge >= 0.3 is 0 Å². The molecule has 1 N–H and O–H groups in total. The lowest BCUT2D eigenvalue weighted by molar-refractivity contribution is -0.904. The Labute approximate surface area is 89.0 Å². The molecule has 3 nitrogen and oxygen atoms in total. The summed E-state index contributed by atoms with van der Waals surface area (Å²) in [5, 5.41) is 10.5. The predicted octanol–water partition coefficient (Wildman–Crippen LogP) is 2.06. The van der Waals surface area contributed by atoms with E-state index in [2.05, 4.69) is 25.8 Å². The summed E-state index contributed by atoms with van der Waals surface area (Å²) in [5.41, 5.74) is 1.97. The second-order valence-corrected chi connectivity index (χ2v) is 4.74. The van der Waals surface area contributed by atoms with E-state index in [-0.39, 0.29) is 5.41 Å². The van der Waals surface area contributed by atoms with Crippen molar-refractivity contribution in [3.8, 4) is 0 Å². The van der Waals surface area contributed by atoms with Crippen LogP contribution in [0.25, 0.3) is 10.9 Å². The Balaban J connectivity index is 2.83. The van der Waals surface area contributed by atoms with E-state index < -0.39 is 0 Å². The van der Waals surface area contributed by atoms with Crippen LogP contribution in [0, 0.1) is 0 Å². The van der Waals surface area contributed by atoms with Gasteiger partial charge in [0, 0.05) is 10.9 Å². The van der Waals surface area contributed by atoms with Crippen molar-refractivity contribution in [2.24, 2.45) is 0 Å². The van der Waals surface area contributed by atoms with Crippen LogP contribution < -0.4 is 4.73 Å². The maximum atomic E-state index is 9.56. The quantitative estimate of drug-likeness (QED) is 0.525. The van der Waals surface area contributed by atoms with Gasteiger partial charge in [0.1, 0.15) is 0 Å². The molecule has 0 radical (unpaired) electrons. The second kappa shape index (κ2) is 3.19. The van der Waals surface area contributed by atoms with Crippen LogP contribution in [-0.4, -0.2) is 10.2 Å². The number of hydrogen-bond acceptors (Lipinski definition) is 2. The summed E-state index contributed by atoms with van der Waals surface area (Å²) < 4.78 is 1.10. The predicted molar refractivity (Wildman–Crippen MR) is 57.8 cm³/mol. The Bertz CT molecular complexity index is 500. The van der Waals surface area contributed by atoms with E-state index in [4.69, 9.17) is 0 Å². The van der Waals surface area contributed by atoms with E-state index in [1.54, 1.807) is 18.6 Å². The van der Waals surface area contributed by atoms with Crippen molar-refractivity contribution >= 4 is 10.9 Å². The van der Waals surface area contributed by atoms with Crippen LogP contribution >= 0.6 is 0 Å². The van der Waals surface area contributed by atoms with Crippen molar-refractivity contribution in [2.45, 2.75) is 26.2 Å². The van der Waals surface area contributed by atoms with Gasteiger partial charge in [-0.1, -0.05) is 20.8 Å². The van der Waals surface area contributed by atoms with Gasteiger partial charge in [0.2, 0.25) is 12.4 Å². The summed E-state index contributed by atoms with van der Waals surface area (Å²) in [6.07, 6.45) is 5.16. The molecule has 2 rings (SSSR count). The molecule has 0 unspecified atom stereocenters. The van der Waals surface area contributed by atoms with Gasteiger partial charge in [-0.2, -0.15) is 0 Å². The van der Waals surface area contributed by atoms with E-state index in [9.17, 15) is 5.21 Å². The topological polar surface area (TPSA) is 37.0 Å². The molecule has 2 aromatic rings. The Morgan fingerprint density at radius 1 is 1.27 bits per heavy atom. The zero-order valence-electron chi connectivity index (χ0n) is 9.23. The standard InChI is InChI=1S/C12H15N2O/c1-12(2,3)10-8-14(15)7-9-5-4-6-13-11(9)10/h4-8,15H,1-3H3/q+1. The summed E-state index contributed by atoms with van der Waals surface area (Å²) in [6.45, 7) is 6.32. The molecule has 0 amide bonds. The van der Waals surface area contributed by atoms with Gasteiger partial charge in [-0.05, 0) is 17.5 Å². The lowest BCUT2D eigenvalue weighted by Crippen LogP contribution is -2.31. The normalized spacial score (nSPS) is 11.9. The summed E-state index contributed by atoms with van der Waals surface area (Å²) in [4.78, 5) is 4.36. The molecule has 0 atom stereocenters. The number of rotatable bonds is 0. The summed E-state index contributed by atoms with van der Waals surface area (Å²) in [5.74, 6) is 0. The summed E-state index contributed by atoms with van der Waals surface area (Å²) in [7, 11) is 0. The molecule has 3 heteroatoms. The maximum Gasteiger partial charge on any atom is 0.231 e. The van der Waals surface area contributed by atoms with Gasteiger partial charge < -0.3 is 0 Å². The van der Waals surface area contributed by atoms with Crippen LogP contribution in [-0.2, 0) is 5.41 Å². The first kappa shape index (κ1) is 9.90. The highest BCUT2D eigenvalue weighted by Gasteiger charge is 2.22. The average molecular weight is 203 g/mol. The zero-order chi connectivity index (χ0) is 11.1. The first-order valence-electron chi connectivity index (χ1n) is 4.98. The second-order valence-electron chi connectivity index (χ2n) is 4.74. The molecule has 78 valence electrons. The molecular weight excluding hydrogens is 188 g/mol. The molecule has 2 heterocycles. The third-order valence-electron chi connectivity index (χ3n) is 2.43. The molecule has 0 aliphatic carbocycles. The summed E-state index contributed by atoms with van der Waals surface area (Å²) in [6, 6.07) is 3.82. The highest BCUT2D eigenvalue weighted by atomic mass is 16.5. The Kier molecular flexibility index (Phi) is 2.11. The molecule has 0 aromatic carbocycles. The smallest absolute Gasteiger partial charge is 0.231 e. The summed E-state index contributed by atoms with van der Waals surface area (Å²) >= 11 is 0. The van der Waals surface area contributed by atoms with E-state index in [0.717, 1.165) is 21.2 Å². The third kappa shape index (κ3) is 1.77. The van der Waals surface area contributed by atoms with Crippen molar-refractivity contribution < 1.29 is 9.94 Å². The molecule has 0 bridgehead atoms. The van der Waals surface area contributed by atoms with Gasteiger partial charge in [0.15, 0.2) is 0 Å². The van der Waals surface area contributed by atoms with Crippen molar-refractivity contribution in [1.29, 1.82) is 0 Å². The fourth-order valence-corrected chi connectivity index (χ4v) is 1.67. The number of aromatic nitrogens is 2. The highest BCUT2D eigenvalue weighted by molar-refractivity contribution is 5.80. The first-order valence-corrected chi connectivity index (χ1v) is 4.98. The fraction of sp³-hybridized carbons (Fsp3) is 0.333. The molecule has 0 fully saturated rings. The molecule has 0 saturated heterocycles. The number of fused-ring (bicyclic) bond motifs is 1. The lowest BCUT2D eigenvalue weighted by atomic mass is 9.87. The zero-order valence-corrected chi connectivity index (χ0v) is 9.23. The monoisotopic (exact) mass is 203 g/mol. The van der Waals surface area contributed by atoms with Gasteiger partial charge in [0.25, 0.3) is 0 Å². The molecule has 0 aliphatic rings. The molecule has 2 aromatic heterocycles. The molecule has 0 aliphatic heterocycles. The average Bonchev–Trinajstić information content (AvgIpc) is 2.15. The van der Waals surface area contributed by atoms with Gasteiger partial charge in [-0.15, -0.1) is 0 Å². The number of hydrogen-bond donors (Lipinski definition) is 1. The van der Waals surface area contributed by atoms with E-state index in [1.165, 1.54) is 0 Å². The van der Waals surface area contributed by atoms with Crippen LogP contribution in [0.15, 0.2) is 30.7 Å².